The second-order valence-electron chi connectivity index (χ2n) is 3.34. The smallest absolute Gasteiger partial charge is 0.371 e. The molecule has 1 aromatic heterocycles. The first-order valence-corrected chi connectivity index (χ1v) is 4.85. The molecule has 0 saturated heterocycles. The summed E-state index contributed by atoms with van der Waals surface area (Å²) < 4.78 is 4.87. The number of carboxylic acids is 1. The largest absolute Gasteiger partial charge is 0.475 e. The summed E-state index contributed by atoms with van der Waals surface area (Å²) in [4.78, 5) is 10.6. The van der Waals surface area contributed by atoms with Crippen LogP contribution in [0.4, 0.5) is 5.69 Å². The predicted octanol–water partition coefficient (Wildman–Crippen LogP) is 2.59. The maximum atomic E-state index is 10.6. The van der Waals surface area contributed by atoms with Crippen molar-refractivity contribution in [3.05, 3.63) is 54.0 Å². The Morgan fingerprint density at radius 3 is 2.69 bits per heavy atom. The number of hydrogen-bond acceptors (Lipinski definition) is 3. The van der Waals surface area contributed by atoms with E-state index in [-0.39, 0.29) is 5.76 Å². The number of nitrogens with one attached hydrogen (secondary N) is 1. The topological polar surface area (TPSA) is 62.5 Å². The lowest BCUT2D eigenvalue weighted by Crippen LogP contribution is -1.98. The molecular formula is C12H11NO3. The Kier molecular flexibility index (Phi) is 2.91. The highest BCUT2D eigenvalue weighted by molar-refractivity contribution is 5.84. The summed E-state index contributed by atoms with van der Waals surface area (Å²) in [6.07, 6.45) is 1.44. The molecule has 0 aliphatic carbocycles. The van der Waals surface area contributed by atoms with Gasteiger partial charge in [-0.1, -0.05) is 18.2 Å². The van der Waals surface area contributed by atoms with Crippen LogP contribution in [0.3, 0.4) is 0 Å². The Morgan fingerprint density at radius 1 is 1.31 bits per heavy atom. The van der Waals surface area contributed by atoms with Crippen LogP contribution in [-0.2, 0) is 6.54 Å². The Balaban J connectivity index is 1.97. The van der Waals surface area contributed by atoms with Crippen LogP contribution < -0.4 is 5.32 Å². The normalized spacial score (nSPS) is 10.0. The zero-order valence-corrected chi connectivity index (χ0v) is 8.51. The van der Waals surface area contributed by atoms with E-state index in [0.717, 1.165) is 11.3 Å². The third kappa shape index (κ3) is 2.42. The molecule has 16 heavy (non-hydrogen) atoms. The summed E-state index contributed by atoms with van der Waals surface area (Å²) in [6, 6.07) is 11.2. The lowest BCUT2D eigenvalue weighted by atomic mass is 10.3. The second-order valence-corrected chi connectivity index (χ2v) is 3.34. The van der Waals surface area contributed by atoms with Crippen molar-refractivity contribution in [2.45, 2.75) is 6.54 Å². The van der Waals surface area contributed by atoms with Crippen molar-refractivity contribution in [1.82, 2.24) is 0 Å². The number of rotatable bonds is 4. The lowest BCUT2D eigenvalue weighted by molar-refractivity contribution is 0.0662. The summed E-state index contributed by atoms with van der Waals surface area (Å²) in [5.41, 5.74) is 1.79. The molecule has 2 N–H and O–H groups in total. The van der Waals surface area contributed by atoms with Crippen molar-refractivity contribution in [3.8, 4) is 0 Å². The molecule has 0 radical (unpaired) electrons. The van der Waals surface area contributed by atoms with Crippen molar-refractivity contribution in [3.63, 3.8) is 0 Å². The molecule has 0 amide bonds. The molecule has 0 saturated carbocycles. The van der Waals surface area contributed by atoms with E-state index in [1.165, 1.54) is 12.3 Å². The average Bonchev–Trinajstić information content (AvgIpc) is 2.76. The molecule has 1 heterocycles. The zero-order chi connectivity index (χ0) is 11.4. The van der Waals surface area contributed by atoms with E-state index in [0.29, 0.717) is 6.54 Å². The Morgan fingerprint density at radius 2 is 2.06 bits per heavy atom. The fourth-order valence-corrected chi connectivity index (χ4v) is 1.34. The van der Waals surface area contributed by atoms with Crippen molar-refractivity contribution in [2.75, 3.05) is 5.32 Å². The van der Waals surface area contributed by atoms with Crippen molar-refractivity contribution in [1.29, 1.82) is 0 Å². The van der Waals surface area contributed by atoms with Gasteiger partial charge in [0.15, 0.2) is 0 Å². The Labute approximate surface area is 92.5 Å². The van der Waals surface area contributed by atoms with Gasteiger partial charge in [-0.05, 0) is 18.2 Å². The summed E-state index contributed by atoms with van der Waals surface area (Å²) in [5, 5.41) is 11.8. The maximum absolute atomic E-state index is 10.6. The third-order valence-electron chi connectivity index (χ3n) is 2.13. The number of carbonyl (C=O) groups is 1. The Hall–Kier alpha value is -2.23. The molecule has 2 rings (SSSR count). The molecule has 0 spiro atoms. The van der Waals surface area contributed by atoms with Crippen LogP contribution in [0, 0.1) is 0 Å². The van der Waals surface area contributed by atoms with Gasteiger partial charge in [0.25, 0.3) is 0 Å². The van der Waals surface area contributed by atoms with Gasteiger partial charge in [-0.3, -0.25) is 0 Å². The highest BCUT2D eigenvalue weighted by Crippen LogP contribution is 2.11. The fourth-order valence-electron chi connectivity index (χ4n) is 1.34. The summed E-state index contributed by atoms with van der Waals surface area (Å²) in [6.45, 7) is 0.542. The number of aromatic carboxylic acids is 1. The SMILES string of the molecule is O=C(O)c1cc(CNc2ccccc2)co1. The minimum absolute atomic E-state index is 0.0372. The number of furan rings is 1. The minimum atomic E-state index is -1.05. The number of benzene rings is 1. The third-order valence-corrected chi connectivity index (χ3v) is 2.13. The molecule has 0 aliphatic rings. The average molecular weight is 217 g/mol. The fraction of sp³-hybridized carbons (Fsp3) is 0.0833. The maximum Gasteiger partial charge on any atom is 0.371 e. The first-order chi connectivity index (χ1) is 7.75. The molecule has 2 aromatic rings. The van der Waals surface area contributed by atoms with Gasteiger partial charge in [0.05, 0.1) is 6.26 Å². The van der Waals surface area contributed by atoms with Crippen LogP contribution in [-0.4, -0.2) is 11.1 Å². The van der Waals surface area contributed by atoms with Crippen LogP contribution in [0.2, 0.25) is 0 Å². The molecular weight excluding hydrogens is 206 g/mol. The van der Waals surface area contributed by atoms with Gasteiger partial charge in [0.1, 0.15) is 0 Å². The van der Waals surface area contributed by atoms with Crippen LogP contribution in [0.25, 0.3) is 0 Å². The molecule has 0 aliphatic heterocycles. The summed E-state index contributed by atoms with van der Waals surface area (Å²) >= 11 is 0. The van der Waals surface area contributed by atoms with Crippen molar-refractivity contribution >= 4 is 11.7 Å². The van der Waals surface area contributed by atoms with Gasteiger partial charge in [-0.25, -0.2) is 4.79 Å². The van der Waals surface area contributed by atoms with Crippen LogP contribution in [0.1, 0.15) is 16.1 Å². The van der Waals surface area contributed by atoms with Gasteiger partial charge in [0.2, 0.25) is 5.76 Å². The molecule has 0 bridgehead atoms. The van der Waals surface area contributed by atoms with E-state index in [9.17, 15) is 4.79 Å². The first kappa shape index (κ1) is 10.3. The van der Waals surface area contributed by atoms with Gasteiger partial charge in [0, 0.05) is 17.8 Å². The summed E-state index contributed by atoms with van der Waals surface area (Å²) in [7, 11) is 0. The molecule has 0 unspecified atom stereocenters. The van der Waals surface area contributed by atoms with Crippen LogP contribution >= 0.6 is 0 Å². The van der Waals surface area contributed by atoms with E-state index < -0.39 is 5.97 Å². The monoisotopic (exact) mass is 217 g/mol. The van der Waals surface area contributed by atoms with Gasteiger partial charge >= 0.3 is 5.97 Å². The Bertz CT molecular complexity index is 476. The van der Waals surface area contributed by atoms with Crippen molar-refractivity contribution in [2.24, 2.45) is 0 Å². The zero-order valence-electron chi connectivity index (χ0n) is 8.51. The van der Waals surface area contributed by atoms with Gasteiger partial charge in [-0.2, -0.15) is 0 Å². The van der Waals surface area contributed by atoms with E-state index in [1.807, 2.05) is 30.3 Å². The molecule has 0 atom stereocenters. The highest BCUT2D eigenvalue weighted by atomic mass is 16.4. The number of carboxylic acid groups (broad SMARTS) is 1. The van der Waals surface area contributed by atoms with Crippen LogP contribution in [0.15, 0.2) is 47.1 Å². The van der Waals surface area contributed by atoms with Crippen LogP contribution in [0.5, 0.6) is 0 Å². The minimum Gasteiger partial charge on any atom is -0.475 e. The molecule has 1 aromatic carbocycles. The molecule has 4 nitrogen and oxygen atoms in total. The first-order valence-electron chi connectivity index (χ1n) is 4.85. The van der Waals surface area contributed by atoms with E-state index in [1.54, 1.807) is 0 Å². The standard InChI is InChI=1S/C12H11NO3/c14-12(15)11-6-9(8-16-11)7-13-10-4-2-1-3-5-10/h1-6,8,13H,7H2,(H,14,15). The highest BCUT2D eigenvalue weighted by Gasteiger charge is 2.08. The van der Waals surface area contributed by atoms with Gasteiger partial charge in [-0.15, -0.1) is 0 Å². The second kappa shape index (κ2) is 4.53. The molecule has 0 fully saturated rings. The number of hydrogen-bond donors (Lipinski definition) is 2. The van der Waals surface area contributed by atoms with E-state index >= 15 is 0 Å². The molecule has 4 heteroatoms. The lowest BCUT2D eigenvalue weighted by Gasteiger charge is -2.02. The number of para-hydroxylation sites is 1. The van der Waals surface area contributed by atoms with E-state index in [2.05, 4.69) is 5.32 Å². The number of anilines is 1. The molecule has 82 valence electrons. The van der Waals surface area contributed by atoms with Gasteiger partial charge < -0.3 is 14.8 Å². The quantitative estimate of drug-likeness (QED) is 0.826. The summed E-state index contributed by atoms with van der Waals surface area (Å²) in [5.74, 6) is -1.09. The van der Waals surface area contributed by atoms with E-state index in [4.69, 9.17) is 9.52 Å². The predicted molar refractivity (Wildman–Crippen MR) is 59.4 cm³/mol. The van der Waals surface area contributed by atoms with Crippen molar-refractivity contribution < 1.29 is 14.3 Å².